The number of Topliss-reactive ketones (excluding diaryl/α,β-unsaturated/α-hetero) is 1. The number of carbonyl (C=O) groups excluding carboxylic acids is 2. The molecule has 2 aromatic rings. The first-order valence-corrected chi connectivity index (χ1v) is 9.28. The van der Waals surface area contributed by atoms with E-state index in [2.05, 4.69) is 4.98 Å². The van der Waals surface area contributed by atoms with E-state index >= 15 is 0 Å². The fourth-order valence-electron chi connectivity index (χ4n) is 2.77. The molecule has 1 aromatic heterocycles. The molecule has 6 nitrogen and oxygen atoms in total. The van der Waals surface area contributed by atoms with Gasteiger partial charge in [0.2, 0.25) is 5.78 Å². The Balaban J connectivity index is 1.64. The summed E-state index contributed by atoms with van der Waals surface area (Å²) >= 11 is 0. The summed E-state index contributed by atoms with van der Waals surface area (Å²) in [5.41, 5.74) is 1.30. The second-order valence-electron chi connectivity index (χ2n) is 5.87. The Morgan fingerprint density at radius 2 is 2.08 bits per heavy atom. The molecule has 0 saturated heterocycles. The molecule has 0 aliphatic carbocycles. The largest absolute Gasteiger partial charge is 0.454 e. The van der Waals surface area contributed by atoms with Gasteiger partial charge in [0, 0.05) is 34.0 Å². The Labute approximate surface area is 139 Å². The molecule has 7 heteroatoms. The van der Waals surface area contributed by atoms with Crippen molar-refractivity contribution in [2.45, 2.75) is 19.4 Å². The third-order valence-corrected chi connectivity index (χ3v) is 5.43. The van der Waals surface area contributed by atoms with Crippen LogP contribution in [0, 0.1) is 5.92 Å². The van der Waals surface area contributed by atoms with Gasteiger partial charge in [-0.1, -0.05) is 24.3 Å². The summed E-state index contributed by atoms with van der Waals surface area (Å²) in [5.74, 6) is -1.36. The molecule has 0 radical (unpaired) electrons. The lowest BCUT2D eigenvalue weighted by atomic mass is 10.1. The molecule has 0 fully saturated rings. The van der Waals surface area contributed by atoms with Crippen LogP contribution in [-0.4, -0.2) is 37.0 Å². The van der Waals surface area contributed by atoms with Crippen molar-refractivity contribution in [3.63, 3.8) is 0 Å². The predicted molar refractivity (Wildman–Crippen MR) is 89.2 cm³/mol. The van der Waals surface area contributed by atoms with Crippen LogP contribution in [0.2, 0.25) is 0 Å². The first-order valence-electron chi connectivity index (χ1n) is 7.56. The van der Waals surface area contributed by atoms with Crippen molar-refractivity contribution in [2.75, 3.05) is 5.75 Å². The fourth-order valence-corrected chi connectivity index (χ4v) is 4.17. The van der Waals surface area contributed by atoms with Gasteiger partial charge in [0.15, 0.2) is 15.9 Å². The van der Waals surface area contributed by atoms with Crippen LogP contribution in [0.4, 0.5) is 0 Å². The van der Waals surface area contributed by atoms with Gasteiger partial charge in [-0.2, -0.15) is 0 Å². The Morgan fingerprint density at radius 3 is 2.79 bits per heavy atom. The Kier molecular flexibility index (Phi) is 4.28. The third-order valence-electron chi connectivity index (χ3n) is 3.97. The van der Waals surface area contributed by atoms with Crippen LogP contribution in [0.15, 0.2) is 41.9 Å². The molecule has 1 N–H and O–H groups in total. The number of carbonyl (C=O) groups is 2. The highest BCUT2D eigenvalue weighted by atomic mass is 32.2. The van der Waals surface area contributed by atoms with Crippen molar-refractivity contribution in [1.29, 1.82) is 0 Å². The third kappa shape index (κ3) is 3.41. The second kappa shape index (κ2) is 6.24. The van der Waals surface area contributed by atoms with E-state index < -0.39 is 27.8 Å². The van der Waals surface area contributed by atoms with Gasteiger partial charge in [-0.3, -0.25) is 9.59 Å². The zero-order valence-electron chi connectivity index (χ0n) is 13.1. The van der Waals surface area contributed by atoms with Crippen LogP contribution in [0.25, 0.3) is 10.9 Å². The molecular weight excluding hydrogens is 330 g/mol. The average Bonchev–Trinajstić information content (AvgIpc) is 3.09. The number of esters is 1. The minimum Gasteiger partial charge on any atom is -0.454 e. The lowest BCUT2D eigenvalue weighted by Crippen LogP contribution is -2.25. The number of ketones is 1. The maximum Gasteiger partial charge on any atom is 0.307 e. The molecule has 0 amide bonds. The first kappa shape index (κ1) is 16.4. The number of aromatic amines is 1. The molecule has 0 unspecified atom stereocenters. The number of ether oxygens (including phenoxy) is 1. The summed E-state index contributed by atoms with van der Waals surface area (Å²) in [6.45, 7) is 1.52. The molecule has 0 spiro atoms. The van der Waals surface area contributed by atoms with Crippen LogP contribution in [0.5, 0.6) is 0 Å². The monoisotopic (exact) mass is 347 g/mol. The van der Waals surface area contributed by atoms with Crippen molar-refractivity contribution in [3.8, 4) is 0 Å². The number of hydrogen-bond donors (Lipinski definition) is 1. The standard InChI is InChI=1S/C17H17NO5S/c1-11(23-16(19)8-12-6-7-24(21,22)10-12)17(20)14-9-18-15-5-3-2-4-13(14)15/h2-7,9,11-12,18H,8,10H2,1H3/t11-,12+/m0/s1. The number of nitrogens with one attached hydrogen (secondary N) is 1. The van der Waals surface area contributed by atoms with Crippen LogP contribution >= 0.6 is 0 Å². The normalized spacial score (nSPS) is 20.1. The number of rotatable bonds is 5. The van der Waals surface area contributed by atoms with E-state index in [-0.39, 0.29) is 18.0 Å². The smallest absolute Gasteiger partial charge is 0.307 e. The van der Waals surface area contributed by atoms with Gasteiger partial charge >= 0.3 is 5.97 Å². The van der Waals surface area contributed by atoms with Crippen LogP contribution in [0.3, 0.4) is 0 Å². The van der Waals surface area contributed by atoms with Gasteiger partial charge in [0.25, 0.3) is 0 Å². The highest BCUT2D eigenvalue weighted by Gasteiger charge is 2.27. The Hall–Kier alpha value is -2.41. The molecule has 1 aromatic carbocycles. The van der Waals surface area contributed by atoms with Gasteiger partial charge in [-0.05, 0) is 13.0 Å². The number of allylic oxidation sites excluding steroid dienone is 1. The van der Waals surface area contributed by atoms with Gasteiger partial charge in [0.05, 0.1) is 12.2 Å². The Bertz CT molecular complexity index is 925. The topological polar surface area (TPSA) is 93.3 Å². The van der Waals surface area contributed by atoms with Gasteiger partial charge in [0.1, 0.15) is 0 Å². The fraction of sp³-hybridized carbons (Fsp3) is 0.294. The van der Waals surface area contributed by atoms with E-state index in [1.165, 1.54) is 13.0 Å². The first-order chi connectivity index (χ1) is 11.4. The summed E-state index contributed by atoms with van der Waals surface area (Å²) in [5, 5.41) is 1.89. The highest BCUT2D eigenvalue weighted by molar-refractivity contribution is 7.94. The van der Waals surface area contributed by atoms with E-state index in [9.17, 15) is 18.0 Å². The SMILES string of the molecule is C[C@H](OC(=O)C[C@H]1C=CS(=O)(=O)C1)C(=O)c1c[nH]c2ccccc12. The van der Waals surface area contributed by atoms with Crippen molar-refractivity contribution >= 4 is 32.5 Å². The van der Waals surface area contributed by atoms with Crippen molar-refractivity contribution in [3.05, 3.63) is 47.5 Å². The summed E-state index contributed by atoms with van der Waals surface area (Å²) in [4.78, 5) is 27.4. The summed E-state index contributed by atoms with van der Waals surface area (Å²) in [7, 11) is -3.21. The number of sulfone groups is 1. The van der Waals surface area contributed by atoms with E-state index in [0.29, 0.717) is 5.56 Å². The molecule has 2 atom stereocenters. The minimum absolute atomic E-state index is 0.0543. The van der Waals surface area contributed by atoms with Crippen molar-refractivity contribution in [1.82, 2.24) is 4.98 Å². The molecule has 126 valence electrons. The minimum atomic E-state index is -3.21. The van der Waals surface area contributed by atoms with E-state index in [1.807, 2.05) is 24.3 Å². The quantitative estimate of drug-likeness (QED) is 0.661. The lowest BCUT2D eigenvalue weighted by molar-refractivity contribution is -0.146. The number of para-hydroxylation sites is 1. The lowest BCUT2D eigenvalue weighted by Gasteiger charge is -2.13. The van der Waals surface area contributed by atoms with E-state index in [4.69, 9.17) is 4.74 Å². The Morgan fingerprint density at radius 1 is 1.33 bits per heavy atom. The van der Waals surface area contributed by atoms with Gasteiger partial charge < -0.3 is 9.72 Å². The number of hydrogen-bond acceptors (Lipinski definition) is 5. The highest BCUT2D eigenvalue weighted by Crippen LogP contribution is 2.22. The van der Waals surface area contributed by atoms with Gasteiger partial charge in [-0.25, -0.2) is 8.42 Å². The molecule has 3 rings (SSSR count). The number of H-pyrrole nitrogens is 1. The summed E-state index contributed by atoms with van der Waals surface area (Å²) in [6.07, 6.45) is 2.10. The zero-order valence-corrected chi connectivity index (χ0v) is 13.9. The number of benzene rings is 1. The average molecular weight is 347 g/mol. The molecular formula is C17H17NO5S. The maximum atomic E-state index is 12.5. The van der Waals surface area contributed by atoms with Crippen LogP contribution in [0.1, 0.15) is 23.7 Å². The van der Waals surface area contributed by atoms with Crippen LogP contribution in [-0.2, 0) is 19.4 Å². The molecule has 24 heavy (non-hydrogen) atoms. The van der Waals surface area contributed by atoms with Crippen molar-refractivity contribution < 1.29 is 22.7 Å². The summed E-state index contributed by atoms with van der Waals surface area (Å²) < 4.78 is 27.9. The molecule has 0 saturated carbocycles. The molecule has 1 aliphatic rings. The second-order valence-corrected chi connectivity index (χ2v) is 7.80. The number of fused-ring (bicyclic) bond motifs is 1. The number of aromatic nitrogens is 1. The molecule has 2 heterocycles. The van der Waals surface area contributed by atoms with Crippen LogP contribution < -0.4 is 0 Å². The van der Waals surface area contributed by atoms with Gasteiger partial charge in [-0.15, -0.1) is 0 Å². The summed E-state index contributed by atoms with van der Waals surface area (Å²) in [6, 6.07) is 7.37. The maximum absolute atomic E-state index is 12.5. The van der Waals surface area contributed by atoms with E-state index in [1.54, 1.807) is 6.20 Å². The zero-order chi connectivity index (χ0) is 17.3. The molecule has 0 bridgehead atoms. The van der Waals surface area contributed by atoms with E-state index in [0.717, 1.165) is 16.3 Å². The van der Waals surface area contributed by atoms with Crippen molar-refractivity contribution in [2.24, 2.45) is 5.92 Å². The predicted octanol–water partition coefficient (Wildman–Crippen LogP) is 2.23. The molecule has 1 aliphatic heterocycles.